The lowest BCUT2D eigenvalue weighted by Crippen LogP contribution is -2.16. The molecule has 0 aliphatic carbocycles. The lowest BCUT2D eigenvalue weighted by atomic mass is 10.0. The molecule has 0 saturated carbocycles. The second kappa shape index (κ2) is 8.50. The number of fused-ring (bicyclic) bond motifs is 1. The molecule has 8 nitrogen and oxygen atoms in total. The summed E-state index contributed by atoms with van der Waals surface area (Å²) in [6, 6.07) is 13.4. The first-order valence-electron chi connectivity index (χ1n) is 8.91. The lowest BCUT2D eigenvalue weighted by Gasteiger charge is -2.14. The van der Waals surface area contributed by atoms with E-state index in [0.29, 0.717) is 11.1 Å². The number of esters is 2. The first-order chi connectivity index (χ1) is 14.2. The van der Waals surface area contributed by atoms with Crippen molar-refractivity contribution in [1.29, 1.82) is 0 Å². The molecule has 3 aromatic rings. The summed E-state index contributed by atoms with van der Waals surface area (Å²) in [6.45, 7) is 1.48. The van der Waals surface area contributed by atoms with Crippen LogP contribution in [0.4, 0.5) is 5.69 Å². The molecule has 0 aliphatic rings. The zero-order chi connectivity index (χ0) is 21.9. The Morgan fingerprint density at radius 1 is 1.03 bits per heavy atom. The maximum Gasteiger partial charge on any atom is 0.340 e. The first-order valence-corrected chi connectivity index (χ1v) is 10.8. The highest BCUT2D eigenvalue weighted by Gasteiger charge is 2.21. The second-order valence-electron chi connectivity index (χ2n) is 6.56. The van der Waals surface area contributed by atoms with Crippen LogP contribution in [0.3, 0.4) is 0 Å². The van der Waals surface area contributed by atoms with Crippen LogP contribution in [0.2, 0.25) is 0 Å². The van der Waals surface area contributed by atoms with E-state index in [1.165, 1.54) is 19.2 Å². The average Bonchev–Trinajstić information content (AvgIpc) is 2.71. The number of methoxy groups -OCH3 is 1. The van der Waals surface area contributed by atoms with Crippen LogP contribution >= 0.6 is 0 Å². The molecule has 0 amide bonds. The molecule has 1 N–H and O–H groups in total. The first kappa shape index (κ1) is 21.3. The molecule has 0 atom stereocenters. The largest absolute Gasteiger partial charge is 0.465 e. The second-order valence-corrected chi connectivity index (χ2v) is 8.31. The molecule has 156 valence electrons. The Bertz CT molecular complexity index is 1240. The molecule has 0 saturated heterocycles. The zero-order valence-corrected chi connectivity index (χ0v) is 17.4. The summed E-state index contributed by atoms with van der Waals surface area (Å²) in [5.41, 5.74) is 1.93. The molecular formula is C21H20N2O6S. The fourth-order valence-corrected chi connectivity index (χ4v) is 3.66. The monoisotopic (exact) mass is 428 g/mol. The van der Waals surface area contributed by atoms with Crippen molar-refractivity contribution < 1.29 is 27.5 Å². The van der Waals surface area contributed by atoms with E-state index < -0.39 is 22.0 Å². The SMILES string of the molecule is COC(=O)c1c(COC(=O)c2ccccc2NS(C)(=O)=O)nc2ccccc2c1C. The molecule has 30 heavy (non-hydrogen) atoms. The number of hydrogen-bond donors (Lipinski definition) is 1. The van der Waals surface area contributed by atoms with E-state index in [2.05, 4.69) is 9.71 Å². The molecule has 3 rings (SSSR count). The van der Waals surface area contributed by atoms with Gasteiger partial charge in [-0.2, -0.15) is 0 Å². The van der Waals surface area contributed by atoms with Gasteiger partial charge in [-0.3, -0.25) is 4.72 Å². The summed E-state index contributed by atoms with van der Waals surface area (Å²) >= 11 is 0. The number of benzene rings is 2. The summed E-state index contributed by atoms with van der Waals surface area (Å²) in [4.78, 5) is 29.4. The number of aryl methyl sites for hydroxylation is 1. The minimum Gasteiger partial charge on any atom is -0.465 e. The van der Waals surface area contributed by atoms with E-state index in [1.54, 1.807) is 25.1 Å². The van der Waals surface area contributed by atoms with Crippen LogP contribution in [0.5, 0.6) is 0 Å². The van der Waals surface area contributed by atoms with Crippen molar-refractivity contribution in [2.45, 2.75) is 13.5 Å². The Balaban J connectivity index is 1.94. The summed E-state index contributed by atoms with van der Waals surface area (Å²) in [5.74, 6) is -1.35. The fourth-order valence-electron chi connectivity index (χ4n) is 3.08. The molecular weight excluding hydrogens is 408 g/mol. The number of carbonyl (C=O) groups excluding carboxylic acids is 2. The van der Waals surface area contributed by atoms with Gasteiger partial charge in [-0.05, 0) is 30.7 Å². The van der Waals surface area contributed by atoms with Crippen LogP contribution in [-0.2, 0) is 26.1 Å². The van der Waals surface area contributed by atoms with Gasteiger partial charge in [-0.25, -0.2) is 23.0 Å². The number of nitrogens with zero attached hydrogens (tertiary/aromatic N) is 1. The van der Waals surface area contributed by atoms with Crippen molar-refractivity contribution in [2.75, 3.05) is 18.1 Å². The topological polar surface area (TPSA) is 112 Å². The smallest absolute Gasteiger partial charge is 0.340 e. The molecule has 0 fully saturated rings. The fraction of sp³-hybridized carbons (Fsp3) is 0.190. The van der Waals surface area contributed by atoms with Gasteiger partial charge in [0.15, 0.2) is 0 Å². The van der Waals surface area contributed by atoms with Gasteiger partial charge in [0.25, 0.3) is 0 Å². The minimum absolute atomic E-state index is 0.0417. The van der Waals surface area contributed by atoms with E-state index in [1.807, 2.05) is 18.2 Å². The minimum atomic E-state index is -3.58. The highest BCUT2D eigenvalue weighted by molar-refractivity contribution is 7.92. The number of aromatic nitrogens is 1. The highest BCUT2D eigenvalue weighted by Crippen LogP contribution is 2.25. The van der Waals surface area contributed by atoms with Gasteiger partial charge in [0.1, 0.15) is 6.61 Å². The van der Waals surface area contributed by atoms with Crippen LogP contribution in [0.1, 0.15) is 32.0 Å². The number of anilines is 1. The van der Waals surface area contributed by atoms with Crippen LogP contribution in [0.25, 0.3) is 10.9 Å². The number of rotatable bonds is 6. The molecule has 0 spiro atoms. The Morgan fingerprint density at radius 2 is 1.70 bits per heavy atom. The molecule has 1 heterocycles. The number of nitrogens with one attached hydrogen (secondary N) is 1. The van der Waals surface area contributed by atoms with Crippen molar-refractivity contribution in [3.8, 4) is 0 Å². The van der Waals surface area contributed by atoms with E-state index in [4.69, 9.17) is 9.47 Å². The summed E-state index contributed by atoms with van der Waals surface area (Å²) in [5, 5.41) is 0.788. The van der Waals surface area contributed by atoms with E-state index in [9.17, 15) is 18.0 Å². The van der Waals surface area contributed by atoms with Gasteiger partial charge in [0.05, 0.1) is 41.4 Å². The van der Waals surface area contributed by atoms with Gasteiger partial charge in [-0.15, -0.1) is 0 Å². The Morgan fingerprint density at radius 3 is 2.40 bits per heavy atom. The molecule has 0 aliphatic heterocycles. The van der Waals surface area contributed by atoms with Crippen LogP contribution in [0.15, 0.2) is 48.5 Å². The van der Waals surface area contributed by atoms with Crippen LogP contribution < -0.4 is 4.72 Å². The van der Waals surface area contributed by atoms with E-state index in [0.717, 1.165) is 11.6 Å². The van der Waals surface area contributed by atoms with Crippen molar-refractivity contribution >= 4 is 38.6 Å². The van der Waals surface area contributed by atoms with Crippen molar-refractivity contribution in [2.24, 2.45) is 0 Å². The third-order valence-electron chi connectivity index (χ3n) is 4.40. The van der Waals surface area contributed by atoms with Crippen molar-refractivity contribution in [3.63, 3.8) is 0 Å². The number of ether oxygens (including phenoxy) is 2. The Kier molecular flexibility index (Phi) is 6.02. The quantitative estimate of drug-likeness (QED) is 0.601. The number of hydrogen-bond acceptors (Lipinski definition) is 7. The molecule has 9 heteroatoms. The maximum atomic E-state index is 12.6. The Hall–Kier alpha value is -3.46. The van der Waals surface area contributed by atoms with Gasteiger partial charge in [0, 0.05) is 5.39 Å². The molecule has 0 radical (unpaired) electrons. The number of pyridine rings is 1. The summed E-state index contributed by atoms with van der Waals surface area (Å²) in [6.07, 6.45) is 0.986. The zero-order valence-electron chi connectivity index (χ0n) is 16.6. The molecule has 0 unspecified atom stereocenters. The van der Waals surface area contributed by atoms with Crippen molar-refractivity contribution in [3.05, 3.63) is 70.9 Å². The standard InChI is InChI=1S/C21H20N2O6S/c1-13-14-8-4-6-10-16(14)22-18(19(13)21(25)28-2)12-29-20(24)15-9-5-7-11-17(15)23-30(3,26)27/h4-11,23H,12H2,1-3H3. The predicted octanol–water partition coefficient (Wildman–Crippen LogP) is 3.06. The predicted molar refractivity (Wildman–Crippen MR) is 112 cm³/mol. The van der Waals surface area contributed by atoms with Crippen molar-refractivity contribution in [1.82, 2.24) is 4.98 Å². The third-order valence-corrected chi connectivity index (χ3v) is 4.99. The van der Waals surface area contributed by atoms with Gasteiger partial charge >= 0.3 is 11.9 Å². The van der Waals surface area contributed by atoms with Gasteiger partial charge < -0.3 is 9.47 Å². The highest BCUT2D eigenvalue weighted by atomic mass is 32.2. The number of para-hydroxylation sites is 2. The number of sulfonamides is 1. The van der Waals surface area contributed by atoms with Crippen LogP contribution in [0, 0.1) is 6.92 Å². The van der Waals surface area contributed by atoms with E-state index in [-0.39, 0.29) is 29.1 Å². The lowest BCUT2D eigenvalue weighted by molar-refractivity contribution is 0.0456. The van der Waals surface area contributed by atoms with Crippen LogP contribution in [-0.4, -0.2) is 38.7 Å². The summed E-state index contributed by atoms with van der Waals surface area (Å²) < 4.78 is 35.6. The van der Waals surface area contributed by atoms with Gasteiger partial charge in [-0.1, -0.05) is 30.3 Å². The maximum absolute atomic E-state index is 12.6. The molecule has 0 bridgehead atoms. The Labute approximate surface area is 173 Å². The average molecular weight is 428 g/mol. The van der Waals surface area contributed by atoms with Gasteiger partial charge in [0.2, 0.25) is 10.0 Å². The number of carbonyl (C=O) groups is 2. The molecule has 2 aromatic carbocycles. The summed E-state index contributed by atoms with van der Waals surface area (Å²) in [7, 11) is -2.32. The molecule has 1 aromatic heterocycles. The normalized spacial score (nSPS) is 11.2. The third kappa shape index (κ3) is 4.57. The van der Waals surface area contributed by atoms with E-state index >= 15 is 0 Å².